The minimum Gasteiger partial charge on any atom is -0.381 e. The average Bonchev–Trinajstić information content (AvgIpc) is 2.98. The third kappa shape index (κ3) is 4.83. The standard InChI is InChI=1S/C25H31ClN2O2S/c1-25(2)22-9-6-20(26)14-19(22)15-23(25)27-21-7-4-17(5-8-21)16-28(3)24(29)18-10-12-31(30)13-11-18/h4-9,14,18,23,27H,10-13,15-16H2,1-3H3. The van der Waals surface area contributed by atoms with Crippen LogP contribution in [0.2, 0.25) is 5.02 Å². The van der Waals surface area contributed by atoms with E-state index in [0.29, 0.717) is 24.1 Å². The van der Waals surface area contributed by atoms with Crippen LogP contribution in [0.4, 0.5) is 5.69 Å². The first-order chi connectivity index (χ1) is 14.7. The van der Waals surface area contributed by atoms with E-state index in [1.165, 1.54) is 11.1 Å². The SMILES string of the molecule is CN(Cc1ccc(NC2Cc3cc(Cl)ccc3C2(C)C)cc1)C(=O)C1CCS(=O)CC1. The van der Waals surface area contributed by atoms with Gasteiger partial charge in [-0.2, -0.15) is 0 Å². The van der Waals surface area contributed by atoms with E-state index >= 15 is 0 Å². The van der Waals surface area contributed by atoms with Crippen LogP contribution in [-0.2, 0) is 34.0 Å². The van der Waals surface area contributed by atoms with Gasteiger partial charge in [0.05, 0.1) is 0 Å². The summed E-state index contributed by atoms with van der Waals surface area (Å²) in [5.41, 5.74) is 4.90. The first-order valence-electron chi connectivity index (χ1n) is 11.0. The van der Waals surface area contributed by atoms with Crippen molar-refractivity contribution in [1.82, 2.24) is 4.90 Å². The molecule has 2 aliphatic rings. The Labute approximate surface area is 192 Å². The van der Waals surface area contributed by atoms with E-state index in [4.69, 9.17) is 11.6 Å². The van der Waals surface area contributed by atoms with Crippen molar-refractivity contribution in [2.75, 3.05) is 23.9 Å². The van der Waals surface area contributed by atoms with Gasteiger partial charge in [0.25, 0.3) is 0 Å². The van der Waals surface area contributed by atoms with Crippen molar-refractivity contribution in [3.8, 4) is 0 Å². The number of halogens is 1. The van der Waals surface area contributed by atoms with Crippen molar-refractivity contribution in [2.24, 2.45) is 5.92 Å². The molecule has 1 fully saturated rings. The Morgan fingerprint density at radius 2 is 1.84 bits per heavy atom. The topological polar surface area (TPSA) is 49.4 Å². The summed E-state index contributed by atoms with van der Waals surface area (Å²) in [6.07, 6.45) is 2.43. The number of nitrogens with one attached hydrogen (secondary N) is 1. The molecule has 0 bridgehead atoms. The molecule has 1 aliphatic heterocycles. The Bertz CT molecular complexity index is 980. The molecule has 6 heteroatoms. The van der Waals surface area contributed by atoms with E-state index in [-0.39, 0.29) is 17.2 Å². The zero-order valence-corrected chi connectivity index (χ0v) is 20.1. The van der Waals surface area contributed by atoms with Gasteiger partial charge in [0.15, 0.2) is 0 Å². The van der Waals surface area contributed by atoms with Crippen LogP contribution in [0.15, 0.2) is 42.5 Å². The summed E-state index contributed by atoms with van der Waals surface area (Å²) in [6.45, 7) is 5.15. The van der Waals surface area contributed by atoms with Gasteiger partial charge in [0.2, 0.25) is 5.91 Å². The second-order valence-electron chi connectivity index (χ2n) is 9.44. The predicted molar refractivity (Wildman–Crippen MR) is 129 cm³/mol. The van der Waals surface area contributed by atoms with E-state index in [1.54, 1.807) is 0 Å². The van der Waals surface area contributed by atoms with Crippen LogP contribution in [0.1, 0.15) is 43.4 Å². The van der Waals surface area contributed by atoms with Gasteiger partial charge in [-0.25, -0.2) is 0 Å². The number of carbonyl (C=O) groups is 1. The maximum atomic E-state index is 12.7. The highest BCUT2D eigenvalue weighted by atomic mass is 35.5. The highest BCUT2D eigenvalue weighted by molar-refractivity contribution is 7.85. The number of hydrogen-bond donors (Lipinski definition) is 1. The summed E-state index contributed by atoms with van der Waals surface area (Å²) >= 11 is 6.20. The van der Waals surface area contributed by atoms with Crippen molar-refractivity contribution >= 4 is 34.0 Å². The Balaban J connectivity index is 1.36. The summed E-state index contributed by atoms with van der Waals surface area (Å²) in [4.78, 5) is 14.5. The molecule has 0 aromatic heterocycles. The molecule has 1 saturated heterocycles. The molecule has 0 saturated carbocycles. The lowest BCUT2D eigenvalue weighted by Gasteiger charge is -2.30. The summed E-state index contributed by atoms with van der Waals surface area (Å²) in [6, 6.07) is 14.9. The number of rotatable bonds is 5. The maximum absolute atomic E-state index is 12.7. The van der Waals surface area contributed by atoms with E-state index in [2.05, 4.69) is 55.6 Å². The van der Waals surface area contributed by atoms with Gasteiger partial charge in [0, 0.05) is 64.0 Å². The molecule has 0 radical (unpaired) electrons. The molecular formula is C25H31ClN2O2S. The fourth-order valence-electron chi connectivity index (χ4n) is 4.87. The van der Waals surface area contributed by atoms with Gasteiger partial charge < -0.3 is 10.2 Å². The van der Waals surface area contributed by atoms with Gasteiger partial charge in [-0.3, -0.25) is 9.00 Å². The lowest BCUT2D eigenvalue weighted by Crippen LogP contribution is -2.36. The quantitative estimate of drug-likeness (QED) is 0.701. The van der Waals surface area contributed by atoms with Crippen LogP contribution in [0.25, 0.3) is 0 Å². The smallest absolute Gasteiger partial charge is 0.225 e. The van der Waals surface area contributed by atoms with Crippen molar-refractivity contribution in [1.29, 1.82) is 0 Å². The van der Waals surface area contributed by atoms with E-state index in [1.807, 2.05) is 18.0 Å². The summed E-state index contributed by atoms with van der Waals surface area (Å²) < 4.78 is 11.5. The highest BCUT2D eigenvalue weighted by Crippen LogP contribution is 2.41. The largest absolute Gasteiger partial charge is 0.381 e. The fourth-order valence-corrected chi connectivity index (χ4v) is 6.36. The molecule has 4 rings (SSSR count). The maximum Gasteiger partial charge on any atom is 0.225 e. The zero-order chi connectivity index (χ0) is 22.2. The molecule has 1 aliphatic carbocycles. The van der Waals surface area contributed by atoms with Crippen LogP contribution in [0.5, 0.6) is 0 Å². The van der Waals surface area contributed by atoms with Crippen LogP contribution in [-0.4, -0.2) is 39.6 Å². The molecule has 1 unspecified atom stereocenters. The van der Waals surface area contributed by atoms with Crippen molar-refractivity contribution < 1.29 is 9.00 Å². The second kappa shape index (κ2) is 8.95. The summed E-state index contributed by atoms with van der Waals surface area (Å²) in [5.74, 6) is 1.49. The van der Waals surface area contributed by atoms with Crippen LogP contribution >= 0.6 is 11.6 Å². The van der Waals surface area contributed by atoms with Crippen LogP contribution in [0.3, 0.4) is 0 Å². The normalized spacial score (nSPS) is 24.5. The van der Waals surface area contributed by atoms with Crippen LogP contribution < -0.4 is 5.32 Å². The molecule has 166 valence electrons. The molecule has 0 spiro atoms. The van der Waals surface area contributed by atoms with Gasteiger partial charge >= 0.3 is 0 Å². The molecule has 31 heavy (non-hydrogen) atoms. The van der Waals surface area contributed by atoms with Gasteiger partial charge in [-0.05, 0) is 60.2 Å². The van der Waals surface area contributed by atoms with Crippen molar-refractivity contribution in [3.05, 3.63) is 64.2 Å². The number of nitrogens with zero attached hydrogens (tertiary/aromatic N) is 1. The number of amides is 1. The molecular weight excluding hydrogens is 428 g/mol. The second-order valence-corrected chi connectivity index (χ2v) is 11.6. The first kappa shape index (κ1) is 22.3. The molecule has 1 amide bonds. The number of hydrogen-bond acceptors (Lipinski definition) is 3. The zero-order valence-electron chi connectivity index (χ0n) is 18.5. The minimum absolute atomic E-state index is 0.0170. The van der Waals surface area contributed by atoms with Crippen molar-refractivity contribution in [3.63, 3.8) is 0 Å². The van der Waals surface area contributed by atoms with Gasteiger partial charge in [-0.1, -0.05) is 43.6 Å². The molecule has 2 aromatic carbocycles. The molecule has 1 N–H and O–H groups in total. The fraction of sp³-hybridized carbons (Fsp3) is 0.480. The molecule has 2 aromatic rings. The Morgan fingerprint density at radius 1 is 1.16 bits per heavy atom. The van der Waals surface area contributed by atoms with Crippen molar-refractivity contribution in [2.45, 2.75) is 51.1 Å². The number of fused-ring (bicyclic) bond motifs is 1. The van der Waals surface area contributed by atoms with E-state index in [9.17, 15) is 9.00 Å². The highest BCUT2D eigenvalue weighted by Gasteiger charge is 2.39. The Kier molecular flexibility index (Phi) is 6.45. The molecule has 4 nitrogen and oxygen atoms in total. The number of carbonyl (C=O) groups excluding carboxylic acids is 1. The Hall–Kier alpha value is -1.85. The summed E-state index contributed by atoms with van der Waals surface area (Å²) in [7, 11) is 1.13. The Morgan fingerprint density at radius 3 is 2.52 bits per heavy atom. The van der Waals surface area contributed by atoms with Gasteiger partial charge in [-0.15, -0.1) is 0 Å². The molecule has 1 atom stereocenters. The van der Waals surface area contributed by atoms with E-state index < -0.39 is 10.8 Å². The predicted octanol–water partition coefficient (Wildman–Crippen LogP) is 4.77. The summed E-state index contributed by atoms with van der Waals surface area (Å²) in [5, 5.41) is 4.50. The van der Waals surface area contributed by atoms with Crippen LogP contribution in [0, 0.1) is 5.92 Å². The lowest BCUT2D eigenvalue weighted by atomic mass is 9.83. The third-order valence-electron chi connectivity index (χ3n) is 6.88. The lowest BCUT2D eigenvalue weighted by molar-refractivity contribution is -0.135. The minimum atomic E-state index is -0.738. The third-order valence-corrected chi connectivity index (χ3v) is 8.50. The first-order valence-corrected chi connectivity index (χ1v) is 12.8. The molecule has 1 heterocycles. The monoisotopic (exact) mass is 458 g/mol. The van der Waals surface area contributed by atoms with Gasteiger partial charge in [0.1, 0.15) is 0 Å². The number of benzene rings is 2. The number of anilines is 1. The average molecular weight is 459 g/mol. The van der Waals surface area contributed by atoms with E-state index in [0.717, 1.165) is 35.5 Å².